The van der Waals surface area contributed by atoms with Gasteiger partial charge in [-0.3, -0.25) is 9.59 Å². The molecule has 1 atom stereocenters. The Morgan fingerprint density at radius 1 is 1.17 bits per heavy atom. The van der Waals surface area contributed by atoms with Gasteiger partial charge in [-0.05, 0) is 70.6 Å². The highest BCUT2D eigenvalue weighted by atomic mass is 16.5. The van der Waals surface area contributed by atoms with Gasteiger partial charge < -0.3 is 29.4 Å². The maximum Gasteiger partial charge on any atom is 0.354 e. The number of aliphatic hydroxyl groups is 1. The van der Waals surface area contributed by atoms with E-state index in [9.17, 15) is 19.5 Å². The van der Waals surface area contributed by atoms with Crippen molar-refractivity contribution in [3.8, 4) is 5.75 Å². The lowest BCUT2D eigenvalue weighted by Gasteiger charge is -2.26. The molecular weight excluding hydrogens is 462 g/mol. The number of aryl methyl sites for hydroxylation is 1. The number of nitrogens with one attached hydrogen (secondary N) is 1. The number of benzene rings is 1. The van der Waals surface area contributed by atoms with E-state index >= 15 is 0 Å². The summed E-state index contributed by atoms with van der Waals surface area (Å²) in [7, 11) is 5.15. The molecule has 0 saturated carbocycles. The molecule has 2 N–H and O–H groups in total. The number of likely N-dealkylation sites (tertiary alicyclic amines) is 1. The standard InChI is InChI=1S/C27H35N3O6/c1-7-15-36-19-11-9-18(10-12-19)23-21(25(32)26(33)30(23)14-8-13-29(4)5)24(31)20-16(2)22(27(34)35-6)28-17(20)3/h9-12,23,28,31H,7-8,13-15H2,1-6H3/b24-21+/t23-/m0/s1. The zero-order valence-corrected chi connectivity index (χ0v) is 21.8. The SMILES string of the molecule is CCCOc1ccc([C@H]2/C(=C(\O)c3c(C)[nH]c(C(=O)OC)c3C)C(=O)C(=O)N2CCCN(C)C)cc1. The number of carbonyl (C=O) groups excluding carboxylic acids is 3. The van der Waals surface area contributed by atoms with Gasteiger partial charge in [0, 0.05) is 17.8 Å². The lowest BCUT2D eigenvalue weighted by Crippen LogP contribution is -2.32. The summed E-state index contributed by atoms with van der Waals surface area (Å²) in [5.74, 6) is -1.64. The van der Waals surface area contributed by atoms with Crippen LogP contribution in [-0.4, -0.2) is 78.5 Å². The third kappa shape index (κ3) is 5.31. The molecule has 1 saturated heterocycles. The molecule has 1 aromatic heterocycles. The zero-order valence-electron chi connectivity index (χ0n) is 21.8. The van der Waals surface area contributed by atoms with Crippen LogP contribution < -0.4 is 4.74 Å². The Hall–Kier alpha value is -3.59. The number of ether oxygens (including phenoxy) is 2. The number of rotatable bonds is 10. The first kappa shape index (κ1) is 27.0. The number of ketones is 1. The number of aromatic amines is 1. The second-order valence-electron chi connectivity index (χ2n) is 9.18. The number of hydrogen-bond donors (Lipinski definition) is 2. The fourth-order valence-electron chi connectivity index (χ4n) is 4.53. The van der Waals surface area contributed by atoms with Crippen LogP contribution in [0.3, 0.4) is 0 Å². The monoisotopic (exact) mass is 497 g/mol. The van der Waals surface area contributed by atoms with Crippen molar-refractivity contribution in [1.29, 1.82) is 0 Å². The molecule has 0 aliphatic carbocycles. The van der Waals surface area contributed by atoms with Gasteiger partial charge in [0.05, 0.1) is 25.3 Å². The predicted octanol–water partition coefficient (Wildman–Crippen LogP) is 3.58. The summed E-state index contributed by atoms with van der Waals surface area (Å²) >= 11 is 0. The van der Waals surface area contributed by atoms with E-state index in [-0.39, 0.29) is 17.0 Å². The van der Waals surface area contributed by atoms with Gasteiger partial charge in [-0.25, -0.2) is 4.79 Å². The second kappa shape index (κ2) is 11.4. The van der Waals surface area contributed by atoms with Crippen LogP contribution in [0, 0.1) is 13.8 Å². The van der Waals surface area contributed by atoms with Crippen molar-refractivity contribution in [3.63, 3.8) is 0 Å². The van der Waals surface area contributed by atoms with Gasteiger partial charge >= 0.3 is 5.97 Å². The van der Waals surface area contributed by atoms with Crippen LogP contribution in [0.5, 0.6) is 5.75 Å². The van der Waals surface area contributed by atoms with E-state index in [0.29, 0.717) is 47.7 Å². The van der Waals surface area contributed by atoms with Crippen molar-refractivity contribution < 1.29 is 29.0 Å². The number of H-pyrrole nitrogens is 1. The highest BCUT2D eigenvalue weighted by Crippen LogP contribution is 2.41. The molecule has 1 amide bonds. The maximum absolute atomic E-state index is 13.3. The number of aliphatic hydroxyl groups excluding tert-OH is 1. The van der Waals surface area contributed by atoms with Gasteiger partial charge in [-0.15, -0.1) is 0 Å². The molecule has 194 valence electrons. The summed E-state index contributed by atoms with van der Waals surface area (Å²) in [5.41, 5.74) is 2.11. The molecule has 0 unspecified atom stereocenters. The minimum Gasteiger partial charge on any atom is -0.507 e. The molecule has 9 heteroatoms. The van der Waals surface area contributed by atoms with Crippen LogP contribution in [0.2, 0.25) is 0 Å². The van der Waals surface area contributed by atoms with Gasteiger partial charge in [0.15, 0.2) is 0 Å². The minimum atomic E-state index is -0.775. The first-order valence-corrected chi connectivity index (χ1v) is 12.1. The van der Waals surface area contributed by atoms with Crippen LogP contribution in [0.15, 0.2) is 29.8 Å². The van der Waals surface area contributed by atoms with Gasteiger partial charge in [0.25, 0.3) is 11.7 Å². The van der Waals surface area contributed by atoms with E-state index in [1.54, 1.807) is 26.0 Å². The largest absolute Gasteiger partial charge is 0.507 e. The average Bonchev–Trinajstić information content (AvgIpc) is 3.29. The molecule has 9 nitrogen and oxygen atoms in total. The molecule has 36 heavy (non-hydrogen) atoms. The van der Waals surface area contributed by atoms with Crippen molar-refractivity contribution in [2.75, 3.05) is 40.9 Å². The van der Waals surface area contributed by atoms with Crippen LogP contribution in [0.25, 0.3) is 5.76 Å². The van der Waals surface area contributed by atoms with E-state index in [0.717, 1.165) is 13.0 Å². The van der Waals surface area contributed by atoms with Crippen LogP contribution in [0.1, 0.15) is 58.7 Å². The number of carbonyl (C=O) groups is 3. The highest BCUT2D eigenvalue weighted by Gasteiger charge is 2.46. The third-order valence-electron chi connectivity index (χ3n) is 6.28. The normalized spacial score (nSPS) is 17.2. The summed E-state index contributed by atoms with van der Waals surface area (Å²) in [6.07, 6.45) is 1.53. The Bertz CT molecular complexity index is 1160. The number of esters is 1. The molecule has 2 aromatic rings. The van der Waals surface area contributed by atoms with E-state index in [1.165, 1.54) is 12.0 Å². The first-order valence-electron chi connectivity index (χ1n) is 12.1. The second-order valence-corrected chi connectivity index (χ2v) is 9.18. The Labute approximate surface area is 211 Å². The molecule has 1 aromatic carbocycles. The molecule has 0 radical (unpaired) electrons. The summed E-state index contributed by atoms with van der Waals surface area (Å²) in [6, 6.07) is 6.44. The van der Waals surface area contributed by atoms with Crippen LogP contribution in [-0.2, 0) is 14.3 Å². The molecule has 2 heterocycles. The average molecular weight is 498 g/mol. The fraction of sp³-hybridized carbons (Fsp3) is 0.444. The van der Waals surface area contributed by atoms with Gasteiger partial charge in [-0.1, -0.05) is 19.1 Å². The number of aromatic nitrogens is 1. The third-order valence-corrected chi connectivity index (χ3v) is 6.28. The zero-order chi connectivity index (χ0) is 26.6. The maximum atomic E-state index is 13.3. The number of amides is 1. The molecule has 0 bridgehead atoms. The van der Waals surface area contributed by atoms with Gasteiger partial charge in [-0.2, -0.15) is 0 Å². The summed E-state index contributed by atoms with van der Waals surface area (Å²) in [5, 5.41) is 11.4. The van der Waals surface area contributed by atoms with Crippen molar-refractivity contribution in [2.45, 2.75) is 39.7 Å². The van der Waals surface area contributed by atoms with E-state index in [1.807, 2.05) is 38.1 Å². The summed E-state index contributed by atoms with van der Waals surface area (Å²) in [6.45, 7) is 7.03. The molecule has 1 fully saturated rings. The van der Waals surface area contributed by atoms with Crippen molar-refractivity contribution in [2.24, 2.45) is 0 Å². The molecule has 1 aliphatic heterocycles. The van der Waals surface area contributed by atoms with Gasteiger partial charge in [0.1, 0.15) is 17.2 Å². The van der Waals surface area contributed by atoms with Crippen molar-refractivity contribution >= 4 is 23.4 Å². The highest BCUT2D eigenvalue weighted by molar-refractivity contribution is 6.46. The Kier molecular flexibility index (Phi) is 8.57. The van der Waals surface area contributed by atoms with Crippen LogP contribution >= 0.6 is 0 Å². The summed E-state index contributed by atoms with van der Waals surface area (Å²) in [4.78, 5) is 45.1. The molecule has 1 aliphatic rings. The number of methoxy groups -OCH3 is 1. The smallest absolute Gasteiger partial charge is 0.354 e. The van der Waals surface area contributed by atoms with E-state index < -0.39 is 23.7 Å². The lowest BCUT2D eigenvalue weighted by molar-refractivity contribution is -0.139. The van der Waals surface area contributed by atoms with Crippen molar-refractivity contribution in [3.05, 3.63) is 57.9 Å². The van der Waals surface area contributed by atoms with Crippen molar-refractivity contribution in [1.82, 2.24) is 14.8 Å². The van der Waals surface area contributed by atoms with Gasteiger partial charge in [0.2, 0.25) is 0 Å². The summed E-state index contributed by atoms with van der Waals surface area (Å²) < 4.78 is 10.5. The Balaban J connectivity index is 2.13. The van der Waals surface area contributed by atoms with Crippen LogP contribution in [0.4, 0.5) is 0 Å². The molecule has 0 spiro atoms. The molecule has 3 rings (SSSR count). The number of nitrogens with zero attached hydrogens (tertiary/aromatic N) is 2. The van der Waals surface area contributed by atoms with E-state index in [4.69, 9.17) is 9.47 Å². The molecular formula is C27H35N3O6. The lowest BCUT2D eigenvalue weighted by atomic mass is 9.94. The fourth-order valence-corrected chi connectivity index (χ4v) is 4.53. The Morgan fingerprint density at radius 2 is 1.83 bits per heavy atom. The van der Waals surface area contributed by atoms with E-state index in [2.05, 4.69) is 4.98 Å². The minimum absolute atomic E-state index is 0.00584. The topological polar surface area (TPSA) is 112 Å². The Morgan fingerprint density at radius 3 is 2.42 bits per heavy atom. The first-order chi connectivity index (χ1) is 17.1. The number of hydrogen-bond acceptors (Lipinski definition) is 7. The number of Topliss-reactive ketones (excluding diaryl/α,β-unsaturated/α-hetero) is 1. The quantitative estimate of drug-likeness (QED) is 0.223. The predicted molar refractivity (Wildman–Crippen MR) is 136 cm³/mol.